The molecule has 2 N–H and O–H groups in total. The highest BCUT2D eigenvalue weighted by Crippen LogP contribution is 2.12. The summed E-state index contributed by atoms with van der Waals surface area (Å²) in [5.41, 5.74) is 2.89. The third-order valence-corrected chi connectivity index (χ3v) is 5.59. The first kappa shape index (κ1) is 21.2. The van der Waals surface area contributed by atoms with Crippen LogP contribution in [0, 0.1) is 0 Å². The molecule has 0 saturated carbocycles. The summed E-state index contributed by atoms with van der Waals surface area (Å²) < 4.78 is 25.5. The number of nitrogens with zero attached hydrogens (tertiary/aromatic N) is 2. The van der Waals surface area contributed by atoms with Gasteiger partial charge in [0.25, 0.3) is 0 Å². The number of rotatable bonds is 7. The summed E-state index contributed by atoms with van der Waals surface area (Å²) in [7, 11) is 1.85. The van der Waals surface area contributed by atoms with Crippen LogP contribution in [0.4, 0.5) is 0 Å². The normalized spacial score (nSPS) is 12.1. The molecule has 0 spiro atoms. The third-order valence-electron chi connectivity index (χ3n) is 4.02. The summed E-state index contributed by atoms with van der Waals surface area (Å²) in [6, 6.07) is 15.2. The molecule has 2 aromatic carbocycles. The smallest absolute Gasteiger partial charge is 0.215 e. The van der Waals surface area contributed by atoms with E-state index in [4.69, 9.17) is 11.6 Å². The van der Waals surface area contributed by atoms with E-state index in [1.54, 1.807) is 7.05 Å². The molecule has 2 aromatic rings. The van der Waals surface area contributed by atoms with Crippen molar-refractivity contribution >= 4 is 27.6 Å². The minimum atomic E-state index is -3.26. The zero-order valence-corrected chi connectivity index (χ0v) is 17.3. The monoisotopic (exact) mass is 408 g/mol. The fourth-order valence-electron chi connectivity index (χ4n) is 2.59. The molecule has 0 aliphatic rings. The van der Waals surface area contributed by atoms with E-state index < -0.39 is 10.0 Å². The Morgan fingerprint density at radius 1 is 1.11 bits per heavy atom. The van der Waals surface area contributed by atoms with Gasteiger partial charge < -0.3 is 10.2 Å². The van der Waals surface area contributed by atoms with E-state index in [1.165, 1.54) is 7.05 Å². The zero-order valence-electron chi connectivity index (χ0n) is 15.7. The summed E-state index contributed by atoms with van der Waals surface area (Å²) in [4.78, 5) is 6.32. The maximum Gasteiger partial charge on any atom is 0.215 e. The number of halogens is 1. The number of sulfonamides is 1. The van der Waals surface area contributed by atoms with Crippen LogP contribution in [-0.2, 0) is 28.9 Å². The van der Waals surface area contributed by atoms with Crippen molar-refractivity contribution in [1.82, 2.24) is 14.9 Å². The molecule has 0 atom stereocenters. The van der Waals surface area contributed by atoms with Crippen molar-refractivity contribution in [3.63, 3.8) is 0 Å². The van der Waals surface area contributed by atoms with E-state index in [1.807, 2.05) is 60.5 Å². The van der Waals surface area contributed by atoms with Crippen molar-refractivity contribution in [3.8, 4) is 0 Å². The van der Waals surface area contributed by atoms with Gasteiger partial charge in [-0.25, -0.2) is 13.1 Å². The predicted molar refractivity (Wildman–Crippen MR) is 111 cm³/mol. The summed E-state index contributed by atoms with van der Waals surface area (Å²) >= 11 is 6.04. The fraction of sp³-hybridized carbons (Fsp3) is 0.316. The molecule has 0 amide bonds. The fourth-order valence-corrected chi connectivity index (χ4v) is 3.58. The van der Waals surface area contributed by atoms with Crippen molar-refractivity contribution in [2.24, 2.45) is 4.99 Å². The Labute approximate surface area is 166 Å². The topological polar surface area (TPSA) is 73.8 Å². The third kappa shape index (κ3) is 6.86. The van der Waals surface area contributed by atoms with Crippen molar-refractivity contribution in [3.05, 3.63) is 70.2 Å². The van der Waals surface area contributed by atoms with E-state index >= 15 is 0 Å². The molecular weight excluding hydrogens is 384 g/mol. The Morgan fingerprint density at radius 2 is 1.78 bits per heavy atom. The zero-order chi connectivity index (χ0) is 19.9. The average molecular weight is 409 g/mol. The van der Waals surface area contributed by atoms with Gasteiger partial charge in [0.2, 0.25) is 10.0 Å². The molecule has 0 heterocycles. The lowest BCUT2D eigenvalue weighted by molar-refractivity contribution is 0.476. The molecular formula is C19H25ClN4O2S. The number of hydrogen-bond donors (Lipinski definition) is 2. The maximum absolute atomic E-state index is 11.6. The van der Waals surface area contributed by atoms with Crippen LogP contribution in [-0.4, -0.2) is 40.4 Å². The Kier molecular flexibility index (Phi) is 7.65. The highest BCUT2D eigenvalue weighted by Gasteiger charge is 2.09. The van der Waals surface area contributed by atoms with Crippen LogP contribution in [0.25, 0.3) is 0 Å². The first-order chi connectivity index (χ1) is 12.8. The molecule has 0 aliphatic carbocycles. The lowest BCUT2D eigenvalue weighted by Gasteiger charge is -2.22. The number of hydrogen-bond acceptors (Lipinski definition) is 3. The van der Waals surface area contributed by atoms with Gasteiger partial charge in [-0.1, -0.05) is 48.0 Å². The van der Waals surface area contributed by atoms with Gasteiger partial charge in [0, 0.05) is 32.2 Å². The Hall–Kier alpha value is -2.09. The second-order valence-corrected chi connectivity index (χ2v) is 8.53. The van der Waals surface area contributed by atoms with Crippen LogP contribution in [0.15, 0.2) is 53.5 Å². The van der Waals surface area contributed by atoms with E-state index in [-0.39, 0.29) is 5.75 Å². The number of aliphatic imine (C=N–C) groups is 1. The van der Waals surface area contributed by atoms with Crippen LogP contribution >= 0.6 is 11.6 Å². The summed E-state index contributed by atoms with van der Waals surface area (Å²) in [6.45, 7) is 1.27. The SMILES string of the molecule is CN=C(NCc1ccc(CS(=O)(=O)NC)cc1)N(C)Cc1cccc(Cl)c1. The van der Waals surface area contributed by atoms with Gasteiger partial charge in [-0.15, -0.1) is 0 Å². The second kappa shape index (κ2) is 9.73. The predicted octanol–water partition coefficient (Wildman–Crippen LogP) is 2.60. The second-order valence-electron chi connectivity index (χ2n) is 6.17. The minimum absolute atomic E-state index is 0.0265. The van der Waals surface area contributed by atoms with Crippen LogP contribution in [0.5, 0.6) is 0 Å². The summed E-state index contributed by atoms with van der Waals surface area (Å²) in [5, 5.41) is 4.02. The molecule has 146 valence electrons. The molecule has 6 nitrogen and oxygen atoms in total. The Balaban J connectivity index is 1.93. The largest absolute Gasteiger partial charge is 0.352 e. The van der Waals surface area contributed by atoms with E-state index in [0.29, 0.717) is 18.1 Å². The molecule has 0 fully saturated rings. The number of nitrogens with one attached hydrogen (secondary N) is 2. The van der Waals surface area contributed by atoms with Gasteiger partial charge in [0.15, 0.2) is 5.96 Å². The standard InChI is InChI=1S/C19H25ClN4O2S/c1-21-19(24(3)13-17-5-4-6-18(20)11-17)23-12-15-7-9-16(10-8-15)14-27(25,26)22-2/h4-11,22H,12-14H2,1-3H3,(H,21,23). The van der Waals surface area contributed by atoms with Crippen LogP contribution < -0.4 is 10.0 Å². The van der Waals surface area contributed by atoms with Crippen molar-refractivity contribution in [2.75, 3.05) is 21.1 Å². The van der Waals surface area contributed by atoms with E-state index in [9.17, 15) is 8.42 Å². The van der Waals surface area contributed by atoms with Crippen molar-refractivity contribution in [2.45, 2.75) is 18.8 Å². The minimum Gasteiger partial charge on any atom is -0.352 e. The molecule has 2 rings (SSSR count). The quantitative estimate of drug-likeness (QED) is 0.545. The lowest BCUT2D eigenvalue weighted by Crippen LogP contribution is -2.38. The van der Waals surface area contributed by atoms with E-state index in [2.05, 4.69) is 15.0 Å². The first-order valence-corrected chi connectivity index (χ1v) is 10.5. The molecule has 0 aromatic heterocycles. The van der Waals surface area contributed by atoms with Crippen molar-refractivity contribution in [1.29, 1.82) is 0 Å². The van der Waals surface area contributed by atoms with E-state index in [0.717, 1.165) is 22.6 Å². The van der Waals surface area contributed by atoms with Gasteiger partial charge in [-0.2, -0.15) is 0 Å². The molecule has 0 saturated heterocycles. The van der Waals surface area contributed by atoms with Gasteiger partial charge >= 0.3 is 0 Å². The number of benzene rings is 2. The van der Waals surface area contributed by atoms with Gasteiger partial charge in [0.05, 0.1) is 5.75 Å². The molecule has 8 heteroatoms. The average Bonchev–Trinajstić information content (AvgIpc) is 2.63. The first-order valence-electron chi connectivity index (χ1n) is 8.48. The van der Waals surface area contributed by atoms with Crippen LogP contribution in [0.3, 0.4) is 0 Å². The molecule has 0 radical (unpaired) electrons. The molecule has 0 aliphatic heterocycles. The highest BCUT2D eigenvalue weighted by atomic mass is 35.5. The Bertz CT molecular complexity index is 883. The summed E-state index contributed by atoms with van der Waals surface area (Å²) in [6.07, 6.45) is 0. The van der Waals surface area contributed by atoms with Gasteiger partial charge in [-0.3, -0.25) is 4.99 Å². The highest BCUT2D eigenvalue weighted by molar-refractivity contribution is 7.88. The van der Waals surface area contributed by atoms with Gasteiger partial charge in [-0.05, 0) is 35.9 Å². The molecule has 0 unspecified atom stereocenters. The lowest BCUT2D eigenvalue weighted by atomic mass is 10.1. The van der Waals surface area contributed by atoms with Crippen molar-refractivity contribution < 1.29 is 8.42 Å². The maximum atomic E-state index is 11.6. The van der Waals surface area contributed by atoms with Crippen LogP contribution in [0.2, 0.25) is 5.02 Å². The van der Waals surface area contributed by atoms with Crippen LogP contribution in [0.1, 0.15) is 16.7 Å². The molecule has 0 bridgehead atoms. The summed E-state index contributed by atoms with van der Waals surface area (Å²) in [5.74, 6) is 0.734. The van der Waals surface area contributed by atoms with Gasteiger partial charge in [0.1, 0.15) is 0 Å². The number of guanidine groups is 1. The Morgan fingerprint density at radius 3 is 2.37 bits per heavy atom. The molecule has 27 heavy (non-hydrogen) atoms.